The van der Waals surface area contributed by atoms with Gasteiger partial charge >= 0.3 is 5.97 Å². The third kappa shape index (κ3) is 5.35. The van der Waals surface area contributed by atoms with E-state index in [1.807, 2.05) is 6.92 Å². The standard InChI is InChI=1S/C9H14Cl2O3/c1-6(9(10)11)4-7(13-2)5-8(12)14-3/h5-6,9H,4H2,1-3H3/b7-5+/t6-/m0/s1. The highest BCUT2D eigenvalue weighted by molar-refractivity contribution is 6.44. The Bertz CT molecular complexity index is 214. The van der Waals surface area contributed by atoms with Gasteiger partial charge in [-0.3, -0.25) is 0 Å². The zero-order chi connectivity index (χ0) is 11.1. The molecule has 0 aromatic rings. The molecule has 0 radical (unpaired) electrons. The average molecular weight is 241 g/mol. The minimum absolute atomic E-state index is 0.0224. The molecule has 0 aliphatic rings. The zero-order valence-corrected chi connectivity index (χ0v) is 9.93. The minimum atomic E-state index is -0.480. The van der Waals surface area contributed by atoms with Crippen molar-refractivity contribution < 1.29 is 14.3 Å². The molecule has 82 valence electrons. The fourth-order valence-corrected chi connectivity index (χ4v) is 0.976. The number of ether oxygens (including phenoxy) is 2. The van der Waals surface area contributed by atoms with E-state index in [0.29, 0.717) is 12.2 Å². The summed E-state index contributed by atoms with van der Waals surface area (Å²) in [7, 11) is 2.79. The first-order valence-corrected chi connectivity index (χ1v) is 4.99. The molecule has 0 fully saturated rings. The summed E-state index contributed by atoms with van der Waals surface area (Å²) in [4.78, 5) is 10.4. The summed E-state index contributed by atoms with van der Waals surface area (Å²) < 4.78 is 9.45. The SMILES string of the molecule is COC(=O)/C=C(\C[C@H](C)C(Cl)Cl)OC. The van der Waals surface area contributed by atoms with Gasteiger partial charge in [0.25, 0.3) is 0 Å². The second-order valence-electron chi connectivity index (χ2n) is 2.85. The summed E-state index contributed by atoms with van der Waals surface area (Å²) in [5.41, 5.74) is 0. The van der Waals surface area contributed by atoms with Gasteiger partial charge in [-0.25, -0.2) is 4.79 Å². The van der Waals surface area contributed by atoms with E-state index in [1.54, 1.807) is 0 Å². The third-order valence-corrected chi connectivity index (χ3v) is 2.56. The Labute approximate surface area is 94.0 Å². The molecule has 0 bridgehead atoms. The lowest BCUT2D eigenvalue weighted by molar-refractivity contribution is -0.135. The molecule has 1 atom stereocenters. The normalized spacial score (nSPS) is 14.0. The topological polar surface area (TPSA) is 35.5 Å². The number of halogens is 2. The van der Waals surface area contributed by atoms with E-state index in [1.165, 1.54) is 20.3 Å². The van der Waals surface area contributed by atoms with E-state index in [0.717, 1.165) is 0 Å². The van der Waals surface area contributed by atoms with E-state index in [-0.39, 0.29) is 5.92 Å². The van der Waals surface area contributed by atoms with Crippen LogP contribution in [0.2, 0.25) is 0 Å². The summed E-state index contributed by atoms with van der Waals surface area (Å²) in [6.45, 7) is 1.87. The lowest BCUT2D eigenvalue weighted by Gasteiger charge is -2.13. The van der Waals surface area contributed by atoms with Crippen molar-refractivity contribution in [3.63, 3.8) is 0 Å². The number of methoxy groups -OCH3 is 2. The minimum Gasteiger partial charge on any atom is -0.501 e. The lowest BCUT2D eigenvalue weighted by atomic mass is 10.1. The van der Waals surface area contributed by atoms with Crippen molar-refractivity contribution in [3.8, 4) is 0 Å². The Morgan fingerprint density at radius 3 is 2.29 bits per heavy atom. The first-order valence-electron chi connectivity index (χ1n) is 4.12. The first kappa shape index (κ1) is 13.6. The van der Waals surface area contributed by atoms with Gasteiger partial charge in [-0.05, 0) is 5.92 Å². The summed E-state index contributed by atoms with van der Waals surface area (Å²) in [5, 5.41) is 0. The molecule has 0 heterocycles. The molecule has 0 saturated carbocycles. The Morgan fingerprint density at radius 1 is 1.36 bits per heavy atom. The summed E-state index contributed by atoms with van der Waals surface area (Å²) in [5.74, 6) is 0.0829. The van der Waals surface area contributed by atoms with Crippen LogP contribution in [0.5, 0.6) is 0 Å². The molecule has 3 nitrogen and oxygen atoms in total. The van der Waals surface area contributed by atoms with E-state index < -0.39 is 10.8 Å². The highest BCUT2D eigenvalue weighted by Crippen LogP contribution is 2.22. The molecule has 0 aliphatic heterocycles. The van der Waals surface area contributed by atoms with Crippen LogP contribution in [0.25, 0.3) is 0 Å². The fraction of sp³-hybridized carbons (Fsp3) is 0.667. The highest BCUT2D eigenvalue weighted by atomic mass is 35.5. The van der Waals surface area contributed by atoms with Crippen LogP contribution in [-0.2, 0) is 14.3 Å². The van der Waals surface area contributed by atoms with Gasteiger partial charge in [0.05, 0.1) is 20.3 Å². The average Bonchev–Trinajstić information content (AvgIpc) is 2.16. The lowest BCUT2D eigenvalue weighted by Crippen LogP contribution is -2.08. The van der Waals surface area contributed by atoms with Crippen LogP contribution < -0.4 is 0 Å². The highest BCUT2D eigenvalue weighted by Gasteiger charge is 2.14. The van der Waals surface area contributed by atoms with E-state index >= 15 is 0 Å². The van der Waals surface area contributed by atoms with Crippen LogP contribution in [0.3, 0.4) is 0 Å². The quantitative estimate of drug-likeness (QED) is 0.321. The van der Waals surface area contributed by atoms with Gasteiger partial charge in [0.15, 0.2) is 0 Å². The maximum absolute atomic E-state index is 10.9. The molecule has 0 saturated heterocycles. The second kappa shape index (κ2) is 6.96. The van der Waals surface area contributed by atoms with Crippen LogP contribution in [0, 0.1) is 5.92 Å². The van der Waals surface area contributed by atoms with Gasteiger partial charge in [0, 0.05) is 6.42 Å². The van der Waals surface area contributed by atoms with Gasteiger partial charge in [-0.1, -0.05) is 6.92 Å². The van der Waals surface area contributed by atoms with Gasteiger partial charge < -0.3 is 9.47 Å². The molecule has 0 spiro atoms. The zero-order valence-electron chi connectivity index (χ0n) is 8.42. The van der Waals surface area contributed by atoms with Crippen LogP contribution in [0.1, 0.15) is 13.3 Å². The number of rotatable bonds is 5. The summed E-state index contributed by atoms with van der Waals surface area (Å²) in [6, 6.07) is 0. The van der Waals surface area contributed by atoms with Crippen molar-refractivity contribution in [3.05, 3.63) is 11.8 Å². The Kier molecular flexibility index (Phi) is 6.75. The summed E-state index contributed by atoms with van der Waals surface area (Å²) >= 11 is 11.3. The van der Waals surface area contributed by atoms with E-state index in [4.69, 9.17) is 27.9 Å². The van der Waals surface area contributed by atoms with Crippen LogP contribution in [0.15, 0.2) is 11.8 Å². The third-order valence-electron chi connectivity index (χ3n) is 1.70. The molecule has 0 unspecified atom stereocenters. The Morgan fingerprint density at radius 2 is 1.93 bits per heavy atom. The molecule has 5 heteroatoms. The molecule has 14 heavy (non-hydrogen) atoms. The van der Waals surface area contributed by atoms with Crippen molar-refractivity contribution in [1.82, 2.24) is 0 Å². The maximum Gasteiger partial charge on any atom is 0.333 e. The maximum atomic E-state index is 10.9. The molecule has 0 aromatic carbocycles. The van der Waals surface area contributed by atoms with Crippen molar-refractivity contribution >= 4 is 29.2 Å². The fourth-order valence-electron chi connectivity index (χ4n) is 0.798. The van der Waals surface area contributed by atoms with Gasteiger partial charge in [-0.2, -0.15) is 0 Å². The predicted octanol–water partition coefficient (Wildman–Crippen LogP) is 2.52. The largest absolute Gasteiger partial charge is 0.501 e. The predicted molar refractivity (Wildman–Crippen MR) is 56.4 cm³/mol. The molecule has 0 aliphatic carbocycles. The van der Waals surface area contributed by atoms with Crippen LogP contribution >= 0.6 is 23.2 Å². The molecule has 0 N–H and O–H groups in total. The van der Waals surface area contributed by atoms with Gasteiger partial charge in [0.2, 0.25) is 0 Å². The number of hydrogen-bond acceptors (Lipinski definition) is 3. The van der Waals surface area contributed by atoms with Crippen LogP contribution in [-0.4, -0.2) is 25.0 Å². The molecule has 0 aromatic heterocycles. The van der Waals surface area contributed by atoms with Gasteiger partial charge in [-0.15, -0.1) is 23.2 Å². The smallest absolute Gasteiger partial charge is 0.333 e. The van der Waals surface area contributed by atoms with Crippen molar-refractivity contribution in [2.75, 3.05) is 14.2 Å². The van der Waals surface area contributed by atoms with Crippen molar-refractivity contribution in [2.45, 2.75) is 18.2 Å². The molecular weight excluding hydrogens is 227 g/mol. The number of hydrogen-bond donors (Lipinski definition) is 0. The van der Waals surface area contributed by atoms with E-state index in [2.05, 4.69) is 4.74 Å². The number of allylic oxidation sites excluding steroid dienone is 1. The van der Waals surface area contributed by atoms with E-state index in [9.17, 15) is 4.79 Å². The molecular formula is C9H14Cl2O3. The molecule has 0 rings (SSSR count). The number of carbonyl (C=O) groups is 1. The number of alkyl halides is 2. The van der Waals surface area contributed by atoms with Gasteiger partial charge in [0.1, 0.15) is 10.6 Å². The monoisotopic (exact) mass is 240 g/mol. The Hall–Kier alpha value is -0.410. The molecule has 0 amide bonds. The van der Waals surface area contributed by atoms with Crippen molar-refractivity contribution in [1.29, 1.82) is 0 Å². The van der Waals surface area contributed by atoms with Crippen molar-refractivity contribution in [2.24, 2.45) is 5.92 Å². The number of esters is 1. The van der Waals surface area contributed by atoms with Crippen LogP contribution in [0.4, 0.5) is 0 Å². The number of carbonyl (C=O) groups excluding carboxylic acids is 1. The second-order valence-corrected chi connectivity index (χ2v) is 4.02. The summed E-state index contributed by atoms with van der Waals surface area (Å²) in [6.07, 6.45) is 1.79. The first-order chi connectivity index (χ1) is 6.51. The Balaban J connectivity index is 4.28.